The van der Waals surface area contributed by atoms with Gasteiger partial charge in [-0.2, -0.15) is 0 Å². The smallest absolute Gasteiger partial charge is 0.157 e. The van der Waals surface area contributed by atoms with Gasteiger partial charge in [0.2, 0.25) is 0 Å². The highest BCUT2D eigenvalue weighted by molar-refractivity contribution is 5.92. The van der Waals surface area contributed by atoms with Gasteiger partial charge in [-0.3, -0.25) is 4.79 Å². The number of rotatable bonds is 4. The van der Waals surface area contributed by atoms with Crippen molar-refractivity contribution in [2.24, 2.45) is 0 Å². The van der Waals surface area contributed by atoms with Crippen LogP contribution in [0.5, 0.6) is 0 Å². The number of hydrogen-bond donors (Lipinski definition) is 0. The maximum atomic E-state index is 11.1. The molecule has 1 aliphatic rings. The number of carbonyl (C=O) groups is 1. The van der Waals surface area contributed by atoms with Crippen molar-refractivity contribution < 1.29 is 4.79 Å². The van der Waals surface area contributed by atoms with Crippen molar-refractivity contribution in [2.45, 2.75) is 45.6 Å². The van der Waals surface area contributed by atoms with Gasteiger partial charge in [-0.25, -0.2) is 0 Å². The van der Waals surface area contributed by atoms with Crippen LogP contribution in [0.1, 0.15) is 39.5 Å². The molecule has 0 bridgehead atoms. The van der Waals surface area contributed by atoms with E-state index in [9.17, 15) is 4.79 Å². The van der Waals surface area contributed by atoms with Gasteiger partial charge < -0.3 is 4.90 Å². The molecule has 0 N–H and O–H groups in total. The van der Waals surface area contributed by atoms with Crippen molar-refractivity contribution in [1.29, 1.82) is 0 Å². The van der Waals surface area contributed by atoms with Crippen LogP contribution in [0.3, 0.4) is 0 Å². The minimum Gasteiger partial charge on any atom is -0.375 e. The highest BCUT2D eigenvalue weighted by atomic mass is 16.1. The second-order valence-corrected chi connectivity index (χ2v) is 3.68. The first-order valence-corrected chi connectivity index (χ1v) is 5.15. The van der Waals surface area contributed by atoms with E-state index in [1.165, 1.54) is 5.70 Å². The molecule has 0 saturated heterocycles. The van der Waals surface area contributed by atoms with E-state index in [2.05, 4.69) is 25.8 Å². The van der Waals surface area contributed by atoms with Gasteiger partial charge in [-0.15, -0.1) is 0 Å². The van der Waals surface area contributed by atoms with E-state index in [0.717, 1.165) is 19.3 Å². The van der Waals surface area contributed by atoms with E-state index in [4.69, 9.17) is 0 Å². The lowest BCUT2D eigenvalue weighted by molar-refractivity contribution is -0.114. The second-order valence-electron chi connectivity index (χ2n) is 3.68. The molecule has 0 aromatic heterocycles. The second kappa shape index (κ2) is 4.45. The van der Waals surface area contributed by atoms with Crippen LogP contribution in [0.2, 0.25) is 0 Å². The maximum absolute atomic E-state index is 11.1. The molecule has 1 aliphatic carbocycles. The lowest BCUT2D eigenvalue weighted by atomic mass is 10.1. The molecule has 0 heterocycles. The molecule has 0 atom stereocenters. The Morgan fingerprint density at radius 2 is 2.00 bits per heavy atom. The molecule has 0 spiro atoms. The Balaban J connectivity index is 2.60. The van der Waals surface area contributed by atoms with E-state index in [-0.39, 0.29) is 5.78 Å². The molecule has 0 aromatic rings. The summed E-state index contributed by atoms with van der Waals surface area (Å²) in [5.74, 6) is 0.285. The van der Waals surface area contributed by atoms with Crippen molar-refractivity contribution >= 4 is 5.78 Å². The minimum absolute atomic E-state index is 0.285. The van der Waals surface area contributed by atoms with Crippen LogP contribution in [0.15, 0.2) is 11.8 Å². The lowest BCUT2D eigenvalue weighted by Gasteiger charge is -2.29. The maximum Gasteiger partial charge on any atom is 0.157 e. The molecule has 0 saturated carbocycles. The zero-order valence-corrected chi connectivity index (χ0v) is 8.84. The van der Waals surface area contributed by atoms with E-state index in [1.54, 1.807) is 6.08 Å². The Hall–Kier alpha value is -0.790. The predicted molar refractivity (Wildman–Crippen MR) is 54.5 cm³/mol. The number of allylic oxidation sites excluding steroid dienone is 2. The SMILES string of the molecule is CCC(CC)N(C)C1=CC(=O)CC1. The van der Waals surface area contributed by atoms with Crippen molar-refractivity contribution in [3.8, 4) is 0 Å². The largest absolute Gasteiger partial charge is 0.375 e. The van der Waals surface area contributed by atoms with E-state index in [1.807, 2.05) is 0 Å². The Morgan fingerprint density at radius 3 is 2.38 bits per heavy atom. The van der Waals surface area contributed by atoms with Crippen LogP contribution in [0, 0.1) is 0 Å². The summed E-state index contributed by atoms with van der Waals surface area (Å²) in [6.07, 6.45) is 5.75. The average molecular weight is 181 g/mol. The van der Waals surface area contributed by atoms with Crippen LogP contribution in [-0.2, 0) is 4.79 Å². The Morgan fingerprint density at radius 1 is 1.38 bits per heavy atom. The highest BCUT2D eigenvalue weighted by Crippen LogP contribution is 2.21. The number of ketones is 1. The quantitative estimate of drug-likeness (QED) is 0.663. The third kappa shape index (κ3) is 2.33. The lowest BCUT2D eigenvalue weighted by Crippen LogP contribution is -2.29. The average Bonchev–Trinajstić information content (AvgIpc) is 2.54. The Bertz CT molecular complexity index is 216. The van der Waals surface area contributed by atoms with Gasteiger partial charge >= 0.3 is 0 Å². The van der Waals surface area contributed by atoms with E-state index < -0.39 is 0 Å². The summed E-state index contributed by atoms with van der Waals surface area (Å²) in [5.41, 5.74) is 1.22. The van der Waals surface area contributed by atoms with Crippen LogP contribution < -0.4 is 0 Å². The summed E-state index contributed by atoms with van der Waals surface area (Å²) in [4.78, 5) is 13.3. The Labute approximate surface area is 80.6 Å². The third-order valence-electron chi connectivity index (χ3n) is 2.90. The van der Waals surface area contributed by atoms with Crippen molar-refractivity contribution in [3.63, 3.8) is 0 Å². The third-order valence-corrected chi connectivity index (χ3v) is 2.90. The fourth-order valence-corrected chi connectivity index (χ4v) is 1.93. The molecular formula is C11H19NO. The summed E-state index contributed by atoms with van der Waals surface area (Å²) in [6.45, 7) is 4.39. The topological polar surface area (TPSA) is 20.3 Å². The molecule has 2 heteroatoms. The molecule has 2 nitrogen and oxygen atoms in total. The van der Waals surface area contributed by atoms with Gasteiger partial charge in [0.15, 0.2) is 5.78 Å². The van der Waals surface area contributed by atoms with Gasteiger partial charge in [0.25, 0.3) is 0 Å². The Kier molecular flexibility index (Phi) is 3.52. The van der Waals surface area contributed by atoms with Crippen LogP contribution in [0.4, 0.5) is 0 Å². The molecule has 13 heavy (non-hydrogen) atoms. The van der Waals surface area contributed by atoms with Crippen LogP contribution in [0.25, 0.3) is 0 Å². The molecule has 0 fully saturated rings. The first-order chi connectivity index (χ1) is 6.19. The number of hydrogen-bond acceptors (Lipinski definition) is 2. The van der Waals surface area contributed by atoms with Gasteiger partial charge in [0.05, 0.1) is 0 Å². The van der Waals surface area contributed by atoms with Gasteiger partial charge in [-0.1, -0.05) is 13.8 Å². The predicted octanol–water partition coefficient (Wildman–Crippen LogP) is 2.35. The zero-order chi connectivity index (χ0) is 9.84. The summed E-state index contributed by atoms with van der Waals surface area (Å²) in [7, 11) is 2.10. The standard InChI is InChI=1S/C11H19NO/c1-4-9(5-2)12(3)10-6-7-11(13)8-10/h8-9H,4-7H2,1-3H3. The molecule has 0 amide bonds. The molecular weight excluding hydrogens is 162 g/mol. The first-order valence-electron chi connectivity index (χ1n) is 5.15. The normalized spacial score (nSPS) is 16.6. The first kappa shape index (κ1) is 10.3. The summed E-state index contributed by atoms with van der Waals surface area (Å²) in [5, 5.41) is 0. The molecule has 0 unspecified atom stereocenters. The van der Waals surface area contributed by atoms with Crippen LogP contribution >= 0.6 is 0 Å². The summed E-state index contributed by atoms with van der Waals surface area (Å²) in [6, 6.07) is 0.595. The minimum atomic E-state index is 0.285. The number of carbonyl (C=O) groups excluding carboxylic acids is 1. The zero-order valence-electron chi connectivity index (χ0n) is 8.84. The van der Waals surface area contributed by atoms with Gasteiger partial charge in [0, 0.05) is 31.3 Å². The number of nitrogens with zero attached hydrogens (tertiary/aromatic N) is 1. The van der Waals surface area contributed by atoms with Gasteiger partial charge in [-0.05, 0) is 19.3 Å². The van der Waals surface area contributed by atoms with Crippen molar-refractivity contribution in [1.82, 2.24) is 4.90 Å². The fourth-order valence-electron chi connectivity index (χ4n) is 1.93. The molecule has 0 radical (unpaired) electrons. The fraction of sp³-hybridized carbons (Fsp3) is 0.727. The van der Waals surface area contributed by atoms with E-state index >= 15 is 0 Å². The molecule has 0 aromatic carbocycles. The van der Waals surface area contributed by atoms with Crippen molar-refractivity contribution in [3.05, 3.63) is 11.8 Å². The molecule has 74 valence electrons. The van der Waals surface area contributed by atoms with Crippen molar-refractivity contribution in [2.75, 3.05) is 7.05 Å². The summed E-state index contributed by atoms with van der Waals surface area (Å²) >= 11 is 0. The molecule has 1 rings (SSSR count). The van der Waals surface area contributed by atoms with Crippen LogP contribution in [-0.4, -0.2) is 23.8 Å². The van der Waals surface area contributed by atoms with Gasteiger partial charge in [0.1, 0.15) is 0 Å². The highest BCUT2D eigenvalue weighted by Gasteiger charge is 2.19. The molecule has 0 aliphatic heterocycles. The summed E-state index contributed by atoms with van der Waals surface area (Å²) < 4.78 is 0. The monoisotopic (exact) mass is 181 g/mol. The van der Waals surface area contributed by atoms with E-state index in [0.29, 0.717) is 12.5 Å².